The van der Waals surface area contributed by atoms with Crippen LogP contribution in [0.25, 0.3) is 0 Å². The molecule has 7 nitrogen and oxygen atoms in total. The van der Waals surface area contributed by atoms with Gasteiger partial charge in [0.2, 0.25) is 5.91 Å². The van der Waals surface area contributed by atoms with E-state index in [1.54, 1.807) is 18.3 Å². The summed E-state index contributed by atoms with van der Waals surface area (Å²) in [6.45, 7) is 14.1. The fourth-order valence-corrected chi connectivity index (χ4v) is 6.49. The first-order valence-corrected chi connectivity index (χ1v) is 13.9. The molecule has 8 heteroatoms. The van der Waals surface area contributed by atoms with Gasteiger partial charge in [-0.15, -0.1) is 21.5 Å². The number of likely N-dealkylation sites (tertiary alicyclic amines) is 1. The number of ketones is 1. The number of aryl methyl sites for hydroxylation is 1. The summed E-state index contributed by atoms with van der Waals surface area (Å²) >= 11 is 1.57. The highest BCUT2D eigenvalue weighted by molar-refractivity contribution is 7.10. The number of hydrogen-bond acceptors (Lipinski definition) is 6. The number of amides is 1. The fourth-order valence-electron chi connectivity index (χ4n) is 5.46. The lowest BCUT2D eigenvalue weighted by atomic mass is 9.99. The Morgan fingerprint density at radius 1 is 1.23 bits per heavy atom. The van der Waals surface area contributed by atoms with Gasteiger partial charge in [0.1, 0.15) is 11.6 Å². The molecular formula is C27H39N5O2S. The summed E-state index contributed by atoms with van der Waals surface area (Å²) in [6, 6.07) is 2.20. The number of hydrogen-bond donors (Lipinski definition) is 1. The number of carbonyl (C=O) groups is 2. The number of carbonyl (C=O) groups excluding carboxylic acids is 2. The first-order chi connectivity index (χ1) is 16.7. The Balaban J connectivity index is 1.42. The van der Waals surface area contributed by atoms with Crippen molar-refractivity contribution in [2.45, 2.75) is 90.6 Å². The van der Waals surface area contributed by atoms with Crippen LogP contribution in [0, 0.1) is 12.8 Å². The lowest BCUT2D eigenvalue weighted by molar-refractivity contribution is -0.125. The monoisotopic (exact) mass is 497 g/mol. The van der Waals surface area contributed by atoms with Gasteiger partial charge < -0.3 is 14.8 Å². The lowest BCUT2D eigenvalue weighted by Gasteiger charge is -2.37. The second-order valence-corrected chi connectivity index (χ2v) is 11.4. The van der Waals surface area contributed by atoms with Crippen LogP contribution in [0.4, 0.5) is 0 Å². The van der Waals surface area contributed by atoms with E-state index in [9.17, 15) is 9.59 Å². The average molecular weight is 498 g/mol. The van der Waals surface area contributed by atoms with E-state index in [1.165, 1.54) is 0 Å². The van der Waals surface area contributed by atoms with Crippen LogP contribution in [0.3, 0.4) is 0 Å². The predicted molar refractivity (Wildman–Crippen MR) is 140 cm³/mol. The molecule has 0 spiro atoms. The first kappa shape index (κ1) is 25.6. The van der Waals surface area contributed by atoms with Gasteiger partial charge in [0.15, 0.2) is 5.78 Å². The molecule has 2 aromatic heterocycles. The molecule has 35 heavy (non-hydrogen) atoms. The molecule has 1 unspecified atom stereocenters. The quantitative estimate of drug-likeness (QED) is 0.459. The number of piperidine rings is 1. The second kappa shape index (κ2) is 11.1. The number of rotatable bonds is 9. The molecule has 2 aliphatic rings. The maximum Gasteiger partial charge on any atom is 0.223 e. The summed E-state index contributed by atoms with van der Waals surface area (Å²) in [4.78, 5) is 28.2. The number of allylic oxidation sites excluding steroid dienone is 1. The smallest absolute Gasteiger partial charge is 0.223 e. The highest BCUT2D eigenvalue weighted by Crippen LogP contribution is 2.34. The lowest BCUT2D eigenvalue weighted by Crippen LogP contribution is -2.37. The minimum atomic E-state index is -0.0839. The van der Waals surface area contributed by atoms with Crippen LogP contribution in [0.1, 0.15) is 111 Å². The van der Waals surface area contributed by atoms with Gasteiger partial charge in [-0.2, -0.15) is 0 Å². The van der Waals surface area contributed by atoms with Crippen molar-refractivity contribution in [2.75, 3.05) is 13.1 Å². The Bertz CT molecular complexity index is 1070. The van der Waals surface area contributed by atoms with Crippen LogP contribution in [0.5, 0.6) is 0 Å². The van der Waals surface area contributed by atoms with E-state index in [2.05, 4.69) is 45.4 Å². The zero-order valence-electron chi connectivity index (χ0n) is 21.5. The average Bonchev–Trinajstić information content (AvgIpc) is 3.57. The summed E-state index contributed by atoms with van der Waals surface area (Å²) in [5, 5.41) is 14.0. The van der Waals surface area contributed by atoms with Crippen LogP contribution in [0.15, 0.2) is 23.7 Å². The van der Waals surface area contributed by atoms with E-state index in [4.69, 9.17) is 0 Å². The van der Waals surface area contributed by atoms with Crippen LogP contribution < -0.4 is 5.32 Å². The topological polar surface area (TPSA) is 80.1 Å². The van der Waals surface area contributed by atoms with Crippen molar-refractivity contribution in [3.8, 4) is 0 Å². The molecule has 3 heterocycles. The number of aromatic nitrogens is 3. The number of Topliss-reactive ketones (excluding diaryl/α,β-unsaturated/α-hetero) is 1. The van der Waals surface area contributed by atoms with Crippen molar-refractivity contribution in [2.24, 2.45) is 5.92 Å². The van der Waals surface area contributed by atoms with Gasteiger partial charge in [0, 0.05) is 58.9 Å². The molecular weight excluding hydrogens is 458 g/mol. The first-order valence-electron chi connectivity index (χ1n) is 13.0. The molecule has 1 N–H and O–H groups in total. The van der Waals surface area contributed by atoms with Crippen molar-refractivity contribution in [3.05, 3.63) is 45.8 Å². The zero-order chi connectivity index (χ0) is 25.1. The third kappa shape index (κ3) is 5.85. The minimum Gasteiger partial charge on any atom is -0.375 e. The second-order valence-electron chi connectivity index (χ2n) is 10.5. The molecule has 2 atom stereocenters. The van der Waals surface area contributed by atoms with E-state index in [-0.39, 0.29) is 23.7 Å². The van der Waals surface area contributed by atoms with Gasteiger partial charge in [0.25, 0.3) is 0 Å². The molecule has 1 aliphatic heterocycles. The molecule has 1 amide bonds. The summed E-state index contributed by atoms with van der Waals surface area (Å²) in [7, 11) is 0. The third-order valence-corrected chi connectivity index (χ3v) is 8.57. The third-order valence-electron chi connectivity index (χ3n) is 7.52. The van der Waals surface area contributed by atoms with Crippen molar-refractivity contribution in [3.63, 3.8) is 0 Å². The Labute approximate surface area is 213 Å². The van der Waals surface area contributed by atoms with Crippen molar-refractivity contribution in [1.82, 2.24) is 25.0 Å². The van der Waals surface area contributed by atoms with Crippen molar-refractivity contribution >= 4 is 23.0 Å². The molecule has 1 saturated carbocycles. The van der Waals surface area contributed by atoms with Gasteiger partial charge in [-0.05, 0) is 45.6 Å². The van der Waals surface area contributed by atoms with E-state index >= 15 is 0 Å². The Morgan fingerprint density at radius 3 is 2.60 bits per heavy atom. The zero-order valence-corrected chi connectivity index (χ0v) is 22.4. The van der Waals surface area contributed by atoms with Gasteiger partial charge in [-0.1, -0.05) is 33.3 Å². The molecule has 2 aromatic rings. The highest BCUT2D eigenvalue weighted by Gasteiger charge is 2.29. The molecule has 1 aliphatic carbocycles. The standard InChI is InChI=1S/C27H39N5O2S/c1-17(2)26-30-29-20(5)32(26)23-10-12-31(18(3)14-23)13-11-24(25-15-22(16-35-25)19(4)33)28-27(34)21-8-6-7-9-21/h15-17,21,23-24H,3,6-14H2,1-2,4-5H3,(H,28,34)/t23?,24-/m0/s1. The number of thiophene rings is 1. The van der Waals surface area contributed by atoms with Crippen LogP contribution in [-0.4, -0.2) is 44.4 Å². The molecule has 1 saturated heterocycles. The largest absolute Gasteiger partial charge is 0.375 e. The Hall–Kier alpha value is -2.48. The van der Waals surface area contributed by atoms with Crippen LogP contribution >= 0.6 is 11.3 Å². The molecule has 4 rings (SSSR count). The Kier molecular flexibility index (Phi) is 8.09. The summed E-state index contributed by atoms with van der Waals surface area (Å²) in [5.74, 6) is 2.69. The minimum absolute atomic E-state index is 0.0638. The number of nitrogens with one attached hydrogen (secondary N) is 1. The van der Waals surface area contributed by atoms with E-state index in [0.717, 1.165) is 85.8 Å². The van der Waals surface area contributed by atoms with Gasteiger partial charge in [-0.25, -0.2) is 0 Å². The molecule has 0 aromatic carbocycles. The number of nitrogens with zero attached hydrogens (tertiary/aromatic N) is 4. The van der Waals surface area contributed by atoms with E-state index in [0.29, 0.717) is 12.0 Å². The van der Waals surface area contributed by atoms with Crippen LogP contribution in [0.2, 0.25) is 0 Å². The van der Waals surface area contributed by atoms with Crippen molar-refractivity contribution in [1.29, 1.82) is 0 Å². The Morgan fingerprint density at radius 2 is 1.97 bits per heavy atom. The highest BCUT2D eigenvalue weighted by atomic mass is 32.1. The van der Waals surface area contributed by atoms with E-state index < -0.39 is 0 Å². The maximum atomic E-state index is 13.0. The fraction of sp³-hybridized carbons (Fsp3) is 0.630. The van der Waals surface area contributed by atoms with E-state index in [1.807, 2.05) is 18.4 Å². The molecule has 2 fully saturated rings. The predicted octanol–water partition coefficient (Wildman–Crippen LogP) is 5.56. The summed E-state index contributed by atoms with van der Waals surface area (Å²) in [5.41, 5.74) is 1.85. The normalized spacial score (nSPS) is 20.0. The van der Waals surface area contributed by atoms with Gasteiger partial charge in [-0.3, -0.25) is 9.59 Å². The molecule has 190 valence electrons. The van der Waals surface area contributed by atoms with Gasteiger partial charge >= 0.3 is 0 Å². The SMILES string of the molecule is C=C1CC(n2c(C)nnc2C(C)C)CCN1CC[C@H](NC(=O)C1CCCC1)c1cc(C(C)=O)cs1. The molecule has 0 radical (unpaired) electrons. The van der Waals surface area contributed by atoms with Gasteiger partial charge in [0.05, 0.1) is 6.04 Å². The summed E-state index contributed by atoms with van der Waals surface area (Å²) in [6.07, 6.45) is 6.92. The van der Waals surface area contributed by atoms with Crippen LogP contribution in [-0.2, 0) is 4.79 Å². The maximum absolute atomic E-state index is 13.0. The molecule has 0 bridgehead atoms. The summed E-state index contributed by atoms with van der Waals surface area (Å²) < 4.78 is 2.30. The van der Waals surface area contributed by atoms with Crippen molar-refractivity contribution < 1.29 is 9.59 Å².